The summed E-state index contributed by atoms with van der Waals surface area (Å²) in [6.07, 6.45) is 1.79. The summed E-state index contributed by atoms with van der Waals surface area (Å²) in [4.78, 5) is 0. The van der Waals surface area contributed by atoms with Crippen LogP contribution in [0.3, 0.4) is 0 Å². The number of ether oxygens (including phenoxy) is 1. The Balaban J connectivity index is 1.83. The minimum atomic E-state index is -0.242. The van der Waals surface area contributed by atoms with E-state index in [1.165, 1.54) is 17.7 Å². The molecular weight excluding hydrogens is 253 g/mol. The molecule has 104 valence electrons. The Bertz CT molecular complexity index is 626. The van der Waals surface area contributed by atoms with Crippen LogP contribution in [-0.2, 0) is 6.42 Å². The van der Waals surface area contributed by atoms with Gasteiger partial charge in [-0.15, -0.1) is 0 Å². The van der Waals surface area contributed by atoms with E-state index in [1.807, 2.05) is 19.1 Å². The Kier molecular flexibility index (Phi) is 3.45. The fourth-order valence-corrected chi connectivity index (χ4v) is 2.81. The Morgan fingerprint density at radius 2 is 2.00 bits per heavy atom. The monoisotopic (exact) mass is 271 g/mol. The molecular formula is C17H18FNO. The van der Waals surface area contributed by atoms with Gasteiger partial charge in [0.2, 0.25) is 0 Å². The third-order valence-corrected chi connectivity index (χ3v) is 3.93. The van der Waals surface area contributed by atoms with Gasteiger partial charge < -0.3 is 10.5 Å². The molecule has 0 saturated carbocycles. The van der Waals surface area contributed by atoms with Crippen LogP contribution in [-0.4, -0.2) is 6.10 Å². The molecule has 3 heteroatoms. The van der Waals surface area contributed by atoms with Crippen molar-refractivity contribution in [2.24, 2.45) is 5.73 Å². The van der Waals surface area contributed by atoms with Crippen LogP contribution in [0.15, 0.2) is 42.5 Å². The third kappa shape index (κ3) is 2.41. The molecule has 0 spiro atoms. The predicted octanol–water partition coefficient (Wildman–Crippen LogP) is 3.53. The average molecular weight is 271 g/mol. The molecule has 0 radical (unpaired) electrons. The molecule has 2 atom stereocenters. The first kappa shape index (κ1) is 13.1. The molecule has 1 aliphatic carbocycles. The smallest absolute Gasteiger partial charge is 0.123 e. The molecule has 3 rings (SSSR count). The fraction of sp³-hybridized carbons (Fsp3) is 0.294. The first-order chi connectivity index (χ1) is 9.65. The normalized spacial score (nSPS) is 21.4. The maximum atomic E-state index is 13.1. The lowest BCUT2D eigenvalue weighted by Crippen LogP contribution is -2.36. The van der Waals surface area contributed by atoms with Crippen LogP contribution in [0.1, 0.15) is 29.2 Å². The van der Waals surface area contributed by atoms with Gasteiger partial charge in [-0.1, -0.05) is 24.3 Å². The minimum absolute atomic E-state index is 0.0611. The van der Waals surface area contributed by atoms with Crippen molar-refractivity contribution in [1.29, 1.82) is 0 Å². The van der Waals surface area contributed by atoms with Crippen LogP contribution in [0.25, 0.3) is 0 Å². The largest absolute Gasteiger partial charge is 0.488 e. The summed E-state index contributed by atoms with van der Waals surface area (Å²) in [6.45, 7) is 1.85. The zero-order valence-electron chi connectivity index (χ0n) is 11.5. The fourth-order valence-electron chi connectivity index (χ4n) is 2.81. The van der Waals surface area contributed by atoms with Crippen LogP contribution in [0.2, 0.25) is 0 Å². The van der Waals surface area contributed by atoms with Crippen molar-refractivity contribution in [3.63, 3.8) is 0 Å². The van der Waals surface area contributed by atoms with Gasteiger partial charge in [-0.25, -0.2) is 4.39 Å². The number of halogens is 1. The highest BCUT2D eigenvalue weighted by atomic mass is 19.1. The van der Waals surface area contributed by atoms with Crippen molar-refractivity contribution < 1.29 is 9.13 Å². The highest BCUT2D eigenvalue weighted by molar-refractivity contribution is 5.36. The summed E-state index contributed by atoms with van der Waals surface area (Å²) in [5.41, 5.74) is 9.58. The van der Waals surface area contributed by atoms with Gasteiger partial charge in [0.15, 0.2) is 0 Å². The van der Waals surface area contributed by atoms with Crippen molar-refractivity contribution in [3.8, 4) is 5.75 Å². The lowest BCUT2D eigenvalue weighted by atomic mass is 9.86. The van der Waals surface area contributed by atoms with E-state index in [-0.39, 0.29) is 18.0 Å². The minimum Gasteiger partial charge on any atom is -0.488 e. The average Bonchev–Trinajstić information content (AvgIpc) is 2.45. The highest BCUT2D eigenvalue weighted by Crippen LogP contribution is 2.32. The summed E-state index contributed by atoms with van der Waals surface area (Å²) in [5.74, 6) is 0.472. The summed E-state index contributed by atoms with van der Waals surface area (Å²) >= 11 is 0. The maximum absolute atomic E-state index is 13.1. The van der Waals surface area contributed by atoms with Gasteiger partial charge in [-0.05, 0) is 54.7 Å². The summed E-state index contributed by atoms with van der Waals surface area (Å²) < 4.78 is 19.1. The van der Waals surface area contributed by atoms with Crippen molar-refractivity contribution in [1.82, 2.24) is 0 Å². The Morgan fingerprint density at radius 1 is 1.20 bits per heavy atom. The second-order valence-electron chi connectivity index (χ2n) is 5.33. The van der Waals surface area contributed by atoms with Crippen LogP contribution >= 0.6 is 0 Å². The molecule has 0 amide bonds. The highest BCUT2D eigenvalue weighted by Gasteiger charge is 2.28. The Hall–Kier alpha value is -1.87. The van der Waals surface area contributed by atoms with Gasteiger partial charge in [-0.2, -0.15) is 0 Å². The van der Waals surface area contributed by atoms with E-state index in [1.54, 1.807) is 6.07 Å². The first-order valence-electron chi connectivity index (χ1n) is 6.91. The van der Waals surface area contributed by atoms with Gasteiger partial charge in [0.05, 0.1) is 6.04 Å². The quantitative estimate of drug-likeness (QED) is 0.907. The van der Waals surface area contributed by atoms with E-state index < -0.39 is 0 Å². The summed E-state index contributed by atoms with van der Waals surface area (Å²) in [5, 5.41) is 0. The zero-order chi connectivity index (χ0) is 14.1. The molecule has 0 saturated heterocycles. The molecule has 20 heavy (non-hydrogen) atoms. The Morgan fingerprint density at radius 3 is 2.80 bits per heavy atom. The molecule has 2 unspecified atom stereocenters. The van der Waals surface area contributed by atoms with E-state index >= 15 is 0 Å². The van der Waals surface area contributed by atoms with Gasteiger partial charge in [0.25, 0.3) is 0 Å². The van der Waals surface area contributed by atoms with Crippen molar-refractivity contribution in [3.05, 3.63) is 65.0 Å². The molecule has 0 bridgehead atoms. The van der Waals surface area contributed by atoms with Crippen LogP contribution in [0.4, 0.5) is 4.39 Å². The molecule has 0 aliphatic heterocycles. The van der Waals surface area contributed by atoms with Crippen molar-refractivity contribution >= 4 is 0 Å². The number of aryl methyl sites for hydroxylation is 2. The molecule has 1 aliphatic rings. The van der Waals surface area contributed by atoms with Crippen LogP contribution < -0.4 is 10.5 Å². The number of fused-ring (bicyclic) bond motifs is 1. The van der Waals surface area contributed by atoms with E-state index in [0.717, 1.165) is 24.0 Å². The molecule has 0 fully saturated rings. The number of benzene rings is 2. The first-order valence-corrected chi connectivity index (χ1v) is 6.91. The molecule has 2 aromatic rings. The lowest BCUT2D eigenvalue weighted by Gasteiger charge is -2.31. The standard InChI is InChI=1S/C17H18FNO/c1-11-10-13(18)7-9-15(11)20-16-8-6-12-4-2-3-5-14(12)17(16)19/h2-5,7,9-10,16-17H,6,8,19H2,1H3. The molecule has 2 nitrogen and oxygen atoms in total. The second kappa shape index (κ2) is 5.25. The van der Waals surface area contributed by atoms with E-state index in [4.69, 9.17) is 10.5 Å². The topological polar surface area (TPSA) is 35.2 Å². The van der Waals surface area contributed by atoms with E-state index in [9.17, 15) is 4.39 Å². The SMILES string of the molecule is Cc1cc(F)ccc1OC1CCc2ccccc2C1N. The third-order valence-electron chi connectivity index (χ3n) is 3.93. The molecule has 2 N–H and O–H groups in total. The molecule has 0 aromatic heterocycles. The van der Waals surface area contributed by atoms with E-state index in [0.29, 0.717) is 5.75 Å². The van der Waals surface area contributed by atoms with Gasteiger partial charge >= 0.3 is 0 Å². The molecule has 0 heterocycles. The maximum Gasteiger partial charge on any atom is 0.123 e. The Labute approximate surface area is 118 Å². The van der Waals surface area contributed by atoms with Crippen molar-refractivity contribution in [2.75, 3.05) is 0 Å². The molecule has 2 aromatic carbocycles. The predicted molar refractivity (Wildman–Crippen MR) is 77.2 cm³/mol. The zero-order valence-corrected chi connectivity index (χ0v) is 11.5. The van der Waals surface area contributed by atoms with Gasteiger partial charge in [-0.3, -0.25) is 0 Å². The number of hydrogen-bond acceptors (Lipinski definition) is 2. The van der Waals surface area contributed by atoms with Gasteiger partial charge in [0.1, 0.15) is 17.7 Å². The lowest BCUT2D eigenvalue weighted by molar-refractivity contribution is 0.152. The van der Waals surface area contributed by atoms with Crippen LogP contribution in [0, 0.1) is 12.7 Å². The number of rotatable bonds is 2. The van der Waals surface area contributed by atoms with Crippen molar-refractivity contribution in [2.45, 2.75) is 31.9 Å². The number of hydrogen-bond donors (Lipinski definition) is 1. The second-order valence-corrected chi connectivity index (χ2v) is 5.33. The summed E-state index contributed by atoms with van der Waals surface area (Å²) in [6, 6.07) is 12.7. The summed E-state index contributed by atoms with van der Waals surface area (Å²) in [7, 11) is 0. The number of nitrogens with two attached hydrogens (primary N) is 1. The van der Waals surface area contributed by atoms with Crippen LogP contribution in [0.5, 0.6) is 5.75 Å². The van der Waals surface area contributed by atoms with E-state index in [2.05, 4.69) is 12.1 Å². The van der Waals surface area contributed by atoms with Gasteiger partial charge in [0, 0.05) is 0 Å².